The van der Waals surface area contributed by atoms with Gasteiger partial charge in [0, 0.05) is 17.8 Å². The van der Waals surface area contributed by atoms with Gasteiger partial charge < -0.3 is 5.32 Å². The van der Waals surface area contributed by atoms with E-state index in [1.165, 1.54) is 6.07 Å². The van der Waals surface area contributed by atoms with Crippen molar-refractivity contribution in [1.29, 1.82) is 0 Å². The first kappa shape index (κ1) is 13.3. The molecule has 0 aliphatic rings. The molecule has 1 amide bonds. The zero-order valence-corrected chi connectivity index (χ0v) is 10.9. The number of carbonyl (C=O) groups is 1. The van der Waals surface area contributed by atoms with Crippen LogP contribution < -0.4 is 5.32 Å². The average molecular weight is 261 g/mol. The zero-order valence-electron chi connectivity index (χ0n) is 10.9. The number of aromatic nitrogens is 2. The van der Waals surface area contributed by atoms with Gasteiger partial charge >= 0.3 is 0 Å². The molecule has 2 N–H and O–H groups in total. The minimum atomic E-state index is -0.326. The lowest BCUT2D eigenvalue weighted by Crippen LogP contribution is -2.23. The third kappa shape index (κ3) is 3.19. The molecule has 0 aliphatic carbocycles. The Hall–Kier alpha value is -2.17. The molecule has 0 spiro atoms. The number of aromatic amines is 1. The molecule has 1 heterocycles. The van der Waals surface area contributed by atoms with Gasteiger partial charge in [-0.1, -0.05) is 32.0 Å². The van der Waals surface area contributed by atoms with Gasteiger partial charge in [-0.2, -0.15) is 5.10 Å². The maximum atomic E-state index is 13.4. The van der Waals surface area contributed by atoms with Gasteiger partial charge in [-0.15, -0.1) is 0 Å². The Morgan fingerprint density at radius 2 is 2.16 bits per heavy atom. The van der Waals surface area contributed by atoms with Crippen LogP contribution in [-0.4, -0.2) is 16.1 Å². The van der Waals surface area contributed by atoms with E-state index in [1.54, 1.807) is 24.3 Å². The summed E-state index contributed by atoms with van der Waals surface area (Å²) in [5.41, 5.74) is 1.67. The minimum Gasteiger partial charge on any atom is -0.346 e. The van der Waals surface area contributed by atoms with Crippen molar-refractivity contribution >= 4 is 5.91 Å². The smallest absolute Gasteiger partial charge is 0.272 e. The second kappa shape index (κ2) is 5.65. The second-order valence-corrected chi connectivity index (χ2v) is 4.64. The Bertz CT molecular complexity index is 578. The number of rotatable bonds is 4. The maximum Gasteiger partial charge on any atom is 0.272 e. The topological polar surface area (TPSA) is 57.8 Å². The van der Waals surface area contributed by atoms with Crippen molar-refractivity contribution in [3.05, 3.63) is 53.1 Å². The summed E-state index contributed by atoms with van der Waals surface area (Å²) in [6.45, 7) is 4.17. The van der Waals surface area contributed by atoms with Crippen LogP contribution >= 0.6 is 0 Å². The monoisotopic (exact) mass is 261 g/mol. The van der Waals surface area contributed by atoms with Crippen LogP contribution in [-0.2, 0) is 6.54 Å². The third-order valence-electron chi connectivity index (χ3n) is 2.85. The lowest BCUT2D eigenvalue weighted by Gasteiger charge is -2.04. The SMILES string of the molecule is CC(C)c1cc(C(=O)NCc2ccccc2F)n[nH]1. The Balaban J connectivity index is 1.99. The number of hydrogen-bond acceptors (Lipinski definition) is 2. The molecule has 5 heteroatoms. The fourth-order valence-corrected chi connectivity index (χ4v) is 1.66. The summed E-state index contributed by atoms with van der Waals surface area (Å²) in [5.74, 6) is -0.361. The second-order valence-electron chi connectivity index (χ2n) is 4.64. The van der Waals surface area contributed by atoms with Gasteiger partial charge in [-0.25, -0.2) is 4.39 Å². The molecule has 19 heavy (non-hydrogen) atoms. The predicted molar refractivity (Wildman–Crippen MR) is 70.2 cm³/mol. The summed E-state index contributed by atoms with van der Waals surface area (Å²) in [5, 5.41) is 9.40. The Morgan fingerprint density at radius 3 is 2.79 bits per heavy atom. The van der Waals surface area contributed by atoms with Crippen LogP contribution in [0.5, 0.6) is 0 Å². The summed E-state index contributed by atoms with van der Waals surface area (Å²) in [7, 11) is 0. The highest BCUT2D eigenvalue weighted by Gasteiger charge is 2.12. The van der Waals surface area contributed by atoms with Crippen molar-refractivity contribution in [1.82, 2.24) is 15.5 Å². The number of amides is 1. The molecule has 2 aromatic rings. The normalized spacial score (nSPS) is 10.7. The molecule has 0 unspecified atom stereocenters. The summed E-state index contributed by atoms with van der Waals surface area (Å²) >= 11 is 0. The molecule has 4 nitrogen and oxygen atoms in total. The Labute approximate surface area is 111 Å². The summed E-state index contributed by atoms with van der Waals surface area (Å²) in [6, 6.07) is 8.06. The van der Waals surface area contributed by atoms with Gasteiger partial charge in [-0.05, 0) is 18.1 Å². The molecule has 0 saturated carbocycles. The van der Waals surface area contributed by atoms with E-state index >= 15 is 0 Å². The number of nitrogens with zero attached hydrogens (tertiary/aromatic N) is 1. The molecular formula is C14H16FN3O. The molecule has 1 aromatic carbocycles. The largest absolute Gasteiger partial charge is 0.346 e. The zero-order chi connectivity index (χ0) is 13.8. The maximum absolute atomic E-state index is 13.4. The highest BCUT2D eigenvalue weighted by molar-refractivity contribution is 5.92. The highest BCUT2D eigenvalue weighted by atomic mass is 19.1. The molecule has 0 radical (unpaired) electrons. The Kier molecular flexibility index (Phi) is 3.94. The molecule has 0 fully saturated rings. The minimum absolute atomic E-state index is 0.148. The molecule has 1 aromatic heterocycles. The lowest BCUT2D eigenvalue weighted by molar-refractivity contribution is 0.0945. The summed E-state index contributed by atoms with van der Waals surface area (Å²) < 4.78 is 13.4. The molecular weight excluding hydrogens is 245 g/mol. The predicted octanol–water partition coefficient (Wildman–Crippen LogP) is 2.60. The van der Waals surface area contributed by atoms with Crippen LogP contribution in [0, 0.1) is 5.82 Å². The van der Waals surface area contributed by atoms with Gasteiger partial charge in [0.15, 0.2) is 0 Å². The van der Waals surface area contributed by atoms with E-state index in [9.17, 15) is 9.18 Å². The van der Waals surface area contributed by atoms with Gasteiger partial charge in [0.2, 0.25) is 0 Å². The van der Waals surface area contributed by atoms with Crippen molar-refractivity contribution < 1.29 is 9.18 Å². The summed E-state index contributed by atoms with van der Waals surface area (Å²) in [4.78, 5) is 11.8. The number of H-pyrrole nitrogens is 1. The van der Waals surface area contributed by atoms with Gasteiger partial charge in [0.05, 0.1) is 0 Å². The van der Waals surface area contributed by atoms with E-state index in [0.717, 1.165) is 5.69 Å². The average Bonchev–Trinajstić information content (AvgIpc) is 2.87. The van der Waals surface area contributed by atoms with Crippen LogP contribution in [0.2, 0.25) is 0 Å². The van der Waals surface area contributed by atoms with E-state index < -0.39 is 0 Å². The van der Waals surface area contributed by atoms with E-state index in [0.29, 0.717) is 11.3 Å². The number of nitrogens with one attached hydrogen (secondary N) is 2. The van der Waals surface area contributed by atoms with Crippen LogP contribution in [0.3, 0.4) is 0 Å². The quantitative estimate of drug-likeness (QED) is 0.888. The van der Waals surface area contributed by atoms with Crippen molar-refractivity contribution in [2.24, 2.45) is 0 Å². The van der Waals surface area contributed by atoms with E-state index in [1.807, 2.05) is 13.8 Å². The number of carbonyl (C=O) groups excluding carboxylic acids is 1. The first-order valence-electron chi connectivity index (χ1n) is 6.15. The van der Waals surface area contributed by atoms with Crippen molar-refractivity contribution in [2.75, 3.05) is 0 Å². The molecule has 2 rings (SSSR count). The first-order chi connectivity index (χ1) is 9.08. The van der Waals surface area contributed by atoms with Crippen molar-refractivity contribution in [3.63, 3.8) is 0 Å². The first-order valence-corrected chi connectivity index (χ1v) is 6.15. The fraction of sp³-hybridized carbons (Fsp3) is 0.286. The van der Waals surface area contributed by atoms with Gasteiger partial charge in [0.25, 0.3) is 5.91 Å². The molecule has 0 atom stereocenters. The number of hydrogen-bond donors (Lipinski definition) is 2. The van der Waals surface area contributed by atoms with Gasteiger partial charge in [-0.3, -0.25) is 9.89 Å². The van der Waals surface area contributed by atoms with Crippen LogP contribution in [0.15, 0.2) is 30.3 Å². The highest BCUT2D eigenvalue weighted by Crippen LogP contribution is 2.12. The van der Waals surface area contributed by atoms with Crippen LogP contribution in [0.4, 0.5) is 4.39 Å². The van der Waals surface area contributed by atoms with Crippen molar-refractivity contribution in [3.8, 4) is 0 Å². The Morgan fingerprint density at radius 1 is 1.42 bits per heavy atom. The fourth-order valence-electron chi connectivity index (χ4n) is 1.66. The third-order valence-corrected chi connectivity index (χ3v) is 2.85. The van der Waals surface area contributed by atoms with E-state index in [2.05, 4.69) is 15.5 Å². The molecule has 0 aliphatic heterocycles. The standard InChI is InChI=1S/C14H16FN3O/c1-9(2)12-7-13(18-17-12)14(19)16-8-10-5-3-4-6-11(10)15/h3-7,9H,8H2,1-2H3,(H,16,19)(H,17,18). The van der Waals surface area contributed by atoms with E-state index in [-0.39, 0.29) is 24.2 Å². The molecule has 0 bridgehead atoms. The lowest BCUT2D eigenvalue weighted by atomic mass is 10.1. The van der Waals surface area contributed by atoms with Gasteiger partial charge in [0.1, 0.15) is 11.5 Å². The number of halogens is 1. The van der Waals surface area contributed by atoms with Crippen LogP contribution in [0.1, 0.15) is 41.5 Å². The van der Waals surface area contributed by atoms with Crippen molar-refractivity contribution in [2.45, 2.75) is 26.3 Å². The molecule has 0 saturated heterocycles. The van der Waals surface area contributed by atoms with Crippen LogP contribution in [0.25, 0.3) is 0 Å². The number of benzene rings is 1. The summed E-state index contributed by atoms with van der Waals surface area (Å²) in [6.07, 6.45) is 0. The molecule has 100 valence electrons. The van der Waals surface area contributed by atoms with E-state index in [4.69, 9.17) is 0 Å².